The zero-order valence-electron chi connectivity index (χ0n) is 16.6. The van der Waals surface area contributed by atoms with Crippen LogP contribution in [0.25, 0.3) is 5.69 Å². The zero-order valence-corrected chi connectivity index (χ0v) is 17.4. The van der Waals surface area contributed by atoms with Gasteiger partial charge in [-0.3, -0.25) is 4.79 Å². The zero-order chi connectivity index (χ0) is 20.4. The van der Waals surface area contributed by atoms with E-state index in [1.807, 2.05) is 54.3 Å². The van der Waals surface area contributed by atoms with Gasteiger partial charge in [-0.15, -0.1) is 0 Å². The summed E-state index contributed by atoms with van der Waals surface area (Å²) in [6, 6.07) is 17.1. The van der Waals surface area contributed by atoms with E-state index in [2.05, 4.69) is 0 Å². The summed E-state index contributed by atoms with van der Waals surface area (Å²) in [6.07, 6.45) is 2.39. The van der Waals surface area contributed by atoms with Gasteiger partial charge in [0, 0.05) is 18.5 Å². The Bertz CT molecular complexity index is 995. The molecule has 0 bridgehead atoms. The minimum absolute atomic E-state index is 0.0706. The Hall–Kier alpha value is -2.79. The summed E-state index contributed by atoms with van der Waals surface area (Å²) in [6.45, 7) is 4.84. The number of aryl methyl sites for hydroxylation is 1. The number of ether oxygens (including phenoxy) is 1. The van der Waals surface area contributed by atoms with Crippen LogP contribution in [0.4, 0.5) is 0 Å². The molecular weight excluding hydrogens is 386 g/mol. The van der Waals surface area contributed by atoms with Gasteiger partial charge in [0.2, 0.25) is 11.8 Å². The molecule has 0 spiro atoms. The van der Waals surface area contributed by atoms with Crippen molar-refractivity contribution < 1.29 is 9.53 Å². The van der Waals surface area contributed by atoms with Gasteiger partial charge in [-0.25, -0.2) is 4.68 Å². The number of halogens is 1. The molecule has 1 saturated carbocycles. The van der Waals surface area contributed by atoms with Gasteiger partial charge in [-0.1, -0.05) is 29.8 Å². The number of rotatable bonds is 7. The van der Waals surface area contributed by atoms with E-state index in [1.165, 1.54) is 12.8 Å². The molecule has 1 aliphatic carbocycles. The second kappa shape index (κ2) is 8.29. The molecule has 4 rings (SSSR count). The van der Waals surface area contributed by atoms with E-state index in [0.717, 1.165) is 23.5 Å². The maximum atomic E-state index is 12.2. The lowest BCUT2D eigenvalue weighted by atomic mass is 10.2. The molecule has 1 aliphatic rings. The summed E-state index contributed by atoms with van der Waals surface area (Å²) in [7, 11) is 0. The highest BCUT2D eigenvalue weighted by atomic mass is 35.5. The van der Waals surface area contributed by atoms with Gasteiger partial charge in [0.15, 0.2) is 0 Å². The Kier molecular flexibility index (Phi) is 5.58. The van der Waals surface area contributed by atoms with E-state index in [0.29, 0.717) is 29.1 Å². The lowest BCUT2D eigenvalue weighted by molar-refractivity contribution is -0.129. The van der Waals surface area contributed by atoms with E-state index in [9.17, 15) is 4.79 Å². The van der Waals surface area contributed by atoms with Gasteiger partial charge in [-0.05, 0) is 62.1 Å². The average molecular weight is 410 g/mol. The van der Waals surface area contributed by atoms with E-state index >= 15 is 0 Å². The third-order valence-electron chi connectivity index (χ3n) is 5.14. The standard InChI is InChI=1S/C23H24ClN3O2/c1-16-22(15-26(17(2)28)14-18-8-9-18)23(29-21-12-10-19(24)11-13-21)27(25-16)20-6-4-3-5-7-20/h3-7,10-13,18H,8-9,14-15H2,1-2H3. The Morgan fingerprint density at radius 2 is 1.86 bits per heavy atom. The van der Waals surface area contributed by atoms with Gasteiger partial charge < -0.3 is 9.64 Å². The predicted octanol–water partition coefficient (Wildman–Crippen LogP) is 5.38. The number of nitrogens with zero attached hydrogens (tertiary/aromatic N) is 3. The maximum Gasteiger partial charge on any atom is 0.227 e. The van der Waals surface area contributed by atoms with Crippen LogP contribution in [0.3, 0.4) is 0 Å². The Labute approximate surface area is 175 Å². The number of hydrogen-bond donors (Lipinski definition) is 0. The smallest absolute Gasteiger partial charge is 0.227 e. The topological polar surface area (TPSA) is 47.4 Å². The van der Waals surface area contributed by atoms with Crippen molar-refractivity contribution in [3.63, 3.8) is 0 Å². The Balaban J connectivity index is 1.73. The first-order chi connectivity index (χ1) is 14.0. The molecule has 150 valence electrons. The molecule has 0 aliphatic heterocycles. The van der Waals surface area contributed by atoms with Gasteiger partial charge in [0.25, 0.3) is 0 Å². The molecule has 1 heterocycles. The first-order valence-corrected chi connectivity index (χ1v) is 10.2. The van der Waals surface area contributed by atoms with Crippen molar-refractivity contribution in [3.8, 4) is 17.3 Å². The molecule has 5 nitrogen and oxygen atoms in total. The van der Waals surface area contributed by atoms with Gasteiger partial charge >= 0.3 is 0 Å². The fraction of sp³-hybridized carbons (Fsp3) is 0.304. The summed E-state index contributed by atoms with van der Waals surface area (Å²) in [5, 5.41) is 5.38. The third-order valence-corrected chi connectivity index (χ3v) is 5.39. The molecule has 0 atom stereocenters. The highest BCUT2D eigenvalue weighted by Crippen LogP contribution is 2.34. The second-order valence-corrected chi connectivity index (χ2v) is 7.95. The average Bonchev–Trinajstić information content (AvgIpc) is 3.48. The number of amides is 1. The molecule has 2 aromatic carbocycles. The molecule has 1 amide bonds. The van der Waals surface area contributed by atoms with Crippen LogP contribution < -0.4 is 4.74 Å². The van der Waals surface area contributed by atoms with Crippen molar-refractivity contribution in [1.82, 2.24) is 14.7 Å². The van der Waals surface area contributed by atoms with Crippen LogP contribution in [0.1, 0.15) is 31.0 Å². The number of benzene rings is 2. The second-order valence-electron chi connectivity index (χ2n) is 7.52. The molecule has 0 unspecified atom stereocenters. The molecule has 29 heavy (non-hydrogen) atoms. The van der Waals surface area contributed by atoms with Gasteiger partial charge in [0.1, 0.15) is 5.75 Å². The first-order valence-electron chi connectivity index (χ1n) is 9.84. The molecule has 3 aromatic rings. The van der Waals surface area contributed by atoms with Crippen molar-refractivity contribution in [2.45, 2.75) is 33.2 Å². The molecule has 1 fully saturated rings. The molecule has 0 N–H and O–H groups in total. The van der Waals surface area contributed by atoms with Crippen LogP contribution in [0.15, 0.2) is 54.6 Å². The summed E-state index contributed by atoms with van der Waals surface area (Å²) < 4.78 is 8.08. The molecule has 0 radical (unpaired) electrons. The summed E-state index contributed by atoms with van der Waals surface area (Å²) in [5.74, 6) is 1.98. The predicted molar refractivity (Wildman–Crippen MR) is 114 cm³/mol. The third kappa shape index (κ3) is 4.62. The number of aromatic nitrogens is 2. The normalized spacial score (nSPS) is 13.3. The highest BCUT2D eigenvalue weighted by molar-refractivity contribution is 6.30. The van der Waals surface area contributed by atoms with Crippen molar-refractivity contribution in [2.24, 2.45) is 5.92 Å². The highest BCUT2D eigenvalue weighted by Gasteiger charge is 2.28. The summed E-state index contributed by atoms with van der Waals surface area (Å²) >= 11 is 6.02. The van der Waals surface area contributed by atoms with Crippen LogP contribution in [-0.4, -0.2) is 27.1 Å². The van der Waals surface area contributed by atoms with Gasteiger partial charge in [-0.2, -0.15) is 5.10 Å². The molecule has 0 saturated heterocycles. The van der Waals surface area contributed by atoms with Crippen LogP contribution >= 0.6 is 11.6 Å². The SMILES string of the molecule is CC(=O)N(Cc1c(C)nn(-c2ccccc2)c1Oc1ccc(Cl)cc1)CC1CC1. The van der Waals surface area contributed by atoms with E-state index in [4.69, 9.17) is 21.4 Å². The lowest BCUT2D eigenvalue weighted by Crippen LogP contribution is -2.30. The van der Waals surface area contributed by atoms with Gasteiger partial charge in [0.05, 0.1) is 23.5 Å². The van der Waals surface area contributed by atoms with Crippen LogP contribution in [0, 0.1) is 12.8 Å². The largest absolute Gasteiger partial charge is 0.439 e. The quantitative estimate of drug-likeness (QED) is 0.526. The van der Waals surface area contributed by atoms with E-state index in [1.54, 1.807) is 23.7 Å². The maximum absolute atomic E-state index is 12.2. The Morgan fingerprint density at radius 1 is 1.17 bits per heavy atom. The fourth-order valence-electron chi connectivity index (χ4n) is 3.29. The van der Waals surface area contributed by atoms with Crippen LogP contribution in [0.2, 0.25) is 5.02 Å². The first kappa shape index (κ1) is 19.5. The van der Waals surface area contributed by atoms with Crippen LogP contribution in [0.5, 0.6) is 11.6 Å². The molecular formula is C23H24ClN3O2. The van der Waals surface area contributed by atoms with Crippen molar-refractivity contribution >= 4 is 17.5 Å². The van der Waals surface area contributed by atoms with Crippen LogP contribution in [-0.2, 0) is 11.3 Å². The number of hydrogen-bond acceptors (Lipinski definition) is 3. The molecule has 1 aromatic heterocycles. The van der Waals surface area contributed by atoms with E-state index in [-0.39, 0.29) is 5.91 Å². The monoisotopic (exact) mass is 409 g/mol. The minimum atomic E-state index is 0.0706. The minimum Gasteiger partial charge on any atom is -0.439 e. The number of carbonyl (C=O) groups excluding carboxylic acids is 1. The number of carbonyl (C=O) groups is 1. The van der Waals surface area contributed by atoms with E-state index < -0.39 is 0 Å². The summed E-state index contributed by atoms with van der Waals surface area (Å²) in [4.78, 5) is 14.1. The van der Waals surface area contributed by atoms with Crippen molar-refractivity contribution in [2.75, 3.05) is 6.54 Å². The summed E-state index contributed by atoms with van der Waals surface area (Å²) in [5.41, 5.74) is 2.67. The Morgan fingerprint density at radius 3 is 2.48 bits per heavy atom. The lowest BCUT2D eigenvalue weighted by Gasteiger charge is -2.21. The van der Waals surface area contributed by atoms with Crippen molar-refractivity contribution in [1.29, 1.82) is 0 Å². The molecule has 6 heteroatoms. The fourth-order valence-corrected chi connectivity index (χ4v) is 3.42. The van der Waals surface area contributed by atoms with Crippen molar-refractivity contribution in [3.05, 3.63) is 70.9 Å². The number of para-hydroxylation sites is 1.